The highest BCUT2D eigenvalue weighted by Gasteiger charge is 2.26. The van der Waals surface area contributed by atoms with Crippen LogP contribution in [0.4, 0.5) is 4.39 Å². The van der Waals surface area contributed by atoms with Gasteiger partial charge in [0.25, 0.3) is 0 Å². The Morgan fingerprint density at radius 1 is 1.18 bits per heavy atom. The van der Waals surface area contributed by atoms with Crippen LogP contribution in [0.2, 0.25) is 0 Å². The van der Waals surface area contributed by atoms with Crippen molar-refractivity contribution in [3.8, 4) is 22.7 Å². The van der Waals surface area contributed by atoms with E-state index in [0.29, 0.717) is 12.2 Å². The SMILES string of the molecule is COc1ccc(-c2nn(-c3ccccc3F)cc2CN2CCC[C@H]2CO)cc1. The Bertz CT molecular complexity index is 939. The van der Waals surface area contributed by atoms with Crippen LogP contribution in [0.15, 0.2) is 54.7 Å². The fraction of sp³-hybridized carbons (Fsp3) is 0.318. The molecule has 4 rings (SSSR count). The van der Waals surface area contributed by atoms with Crippen LogP contribution < -0.4 is 4.74 Å². The first-order valence-electron chi connectivity index (χ1n) is 9.52. The number of hydrogen-bond donors (Lipinski definition) is 1. The topological polar surface area (TPSA) is 50.5 Å². The molecule has 146 valence electrons. The molecule has 1 aromatic heterocycles. The van der Waals surface area contributed by atoms with E-state index in [4.69, 9.17) is 9.84 Å². The summed E-state index contributed by atoms with van der Waals surface area (Å²) in [7, 11) is 1.63. The molecule has 1 atom stereocenters. The van der Waals surface area contributed by atoms with Gasteiger partial charge < -0.3 is 9.84 Å². The summed E-state index contributed by atoms with van der Waals surface area (Å²) in [6, 6.07) is 14.5. The Labute approximate surface area is 164 Å². The van der Waals surface area contributed by atoms with Gasteiger partial charge in [-0.2, -0.15) is 5.10 Å². The van der Waals surface area contributed by atoms with Crippen LogP contribution in [0.25, 0.3) is 16.9 Å². The third kappa shape index (κ3) is 3.66. The lowest BCUT2D eigenvalue weighted by Gasteiger charge is -2.22. The summed E-state index contributed by atoms with van der Waals surface area (Å²) in [6.45, 7) is 1.76. The van der Waals surface area contributed by atoms with Crippen LogP contribution in [0, 0.1) is 5.82 Å². The molecule has 0 aliphatic carbocycles. The normalized spacial score (nSPS) is 17.2. The molecule has 2 heterocycles. The van der Waals surface area contributed by atoms with Crippen LogP contribution in [0.5, 0.6) is 5.75 Å². The Morgan fingerprint density at radius 3 is 2.68 bits per heavy atom. The number of aromatic nitrogens is 2. The summed E-state index contributed by atoms with van der Waals surface area (Å²) in [5.74, 6) is 0.464. The lowest BCUT2D eigenvalue weighted by Crippen LogP contribution is -2.31. The molecule has 3 aromatic rings. The third-order valence-corrected chi connectivity index (χ3v) is 5.34. The van der Waals surface area contributed by atoms with Crippen molar-refractivity contribution in [2.75, 3.05) is 20.3 Å². The summed E-state index contributed by atoms with van der Waals surface area (Å²) in [6.07, 6.45) is 3.96. The van der Waals surface area contributed by atoms with Crippen LogP contribution in [-0.4, -0.2) is 46.1 Å². The number of para-hydroxylation sites is 1. The molecule has 0 radical (unpaired) electrons. The third-order valence-electron chi connectivity index (χ3n) is 5.34. The van der Waals surface area contributed by atoms with Crippen molar-refractivity contribution in [3.05, 3.63) is 66.1 Å². The predicted octanol–water partition coefficient (Wildman–Crippen LogP) is 3.64. The smallest absolute Gasteiger partial charge is 0.148 e. The van der Waals surface area contributed by atoms with Gasteiger partial charge >= 0.3 is 0 Å². The Balaban J connectivity index is 1.74. The number of nitrogens with zero attached hydrogens (tertiary/aromatic N) is 3. The van der Waals surface area contributed by atoms with E-state index in [1.54, 1.807) is 30.0 Å². The number of aliphatic hydroxyl groups excluding tert-OH is 1. The maximum atomic E-state index is 14.3. The lowest BCUT2D eigenvalue weighted by molar-refractivity contribution is 0.154. The van der Waals surface area contributed by atoms with Gasteiger partial charge in [0, 0.05) is 29.9 Å². The molecular weight excluding hydrogens is 357 g/mol. The number of benzene rings is 2. The highest BCUT2D eigenvalue weighted by atomic mass is 19.1. The monoisotopic (exact) mass is 381 g/mol. The fourth-order valence-corrected chi connectivity index (χ4v) is 3.81. The highest BCUT2D eigenvalue weighted by molar-refractivity contribution is 5.64. The number of aliphatic hydroxyl groups is 1. The Hall–Kier alpha value is -2.70. The molecule has 2 aromatic carbocycles. The number of rotatable bonds is 6. The van der Waals surface area contributed by atoms with E-state index < -0.39 is 0 Å². The van der Waals surface area contributed by atoms with Crippen molar-refractivity contribution in [1.82, 2.24) is 14.7 Å². The minimum atomic E-state index is -0.313. The van der Waals surface area contributed by atoms with Crippen molar-refractivity contribution >= 4 is 0 Å². The predicted molar refractivity (Wildman–Crippen MR) is 106 cm³/mol. The zero-order valence-corrected chi connectivity index (χ0v) is 15.9. The van der Waals surface area contributed by atoms with Crippen LogP contribution in [0.3, 0.4) is 0 Å². The minimum absolute atomic E-state index is 0.152. The van der Waals surface area contributed by atoms with Gasteiger partial charge in [-0.1, -0.05) is 12.1 Å². The van der Waals surface area contributed by atoms with Crippen molar-refractivity contribution < 1.29 is 14.2 Å². The molecule has 1 aliphatic heterocycles. The van der Waals surface area contributed by atoms with Gasteiger partial charge in [0.1, 0.15) is 17.3 Å². The van der Waals surface area contributed by atoms with E-state index in [0.717, 1.165) is 42.0 Å². The van der Waals surface area contributed by atoms with E-state index in [1.165, 1.54) is 6.07 Å². The first kappa shape index (κ1) is 18.7. The largest absolute Gasteiger partial charge is 0.497 e. The number of halogens is 1. The molecule has 0 amide bonds. The van der Waals surface area contributed by atoms with Crippen molar-refractivity contribution in [2.45, 2.75) is 25.4 Å². The maximum Gasteiger partial charge on any atom is 0.148 e. The van der Waals surface area contributed by atoms with Gasteiger partial charge in [-0.25, -0.2) is 9.07 Å². The zero-order chi connectivity index (χ0) is 19.5. The summed E-state index contributed by atoms with van der Waals surface area (Å²) in [5.41, 5.74) is 3.19. The number of hydrogen-bond acceptors (Lipinski definition) is 4. The Kier molecular flexibility index (Phi) is 5.41. The molecule has 1 saturated heterocycles. The average molecular weight is 381 g/mol. The molecule has 28 heavy (non-hydrogen) atoms. The first-order chi connectivity index (χ1) is 13.7. The maximum absolute atomic E-state index is 14.3. The van der Waals surface area contributed by atoms with Gasteiger partial charge in [0.2, 0.25) is 0 Å². The number of ether oxygens (including phenoxy) is 1. The summed E-state index contributed by atoms with van der Waals surface area (Å²) < 4.78 is 21.2. The second-order valence-corrected chi connectivity index (χ2v) is 7.08. The molecule has 0 unspecified atom stereocenters. The molecule has 0 bridgehead atoms. The summed E-state index contributed by atoms with van der Waals surface area (Å²) in [4.78, 5) is 2.27. The Morgan fingerprint density at radius 2 is 1.96 bits per heavy atom. The second kappa shape index (κ2) is 8.12. The van der Waals surface area contributed by atoms with E-state index in [1.807, 2.05) is 30.5 Å². The molecule has 0 spiro atoms. The molecule has 1 aliphatic rings. The second-order valence-electron chi connectivity index (χ2n) is 7.08. The molecule has 1 N–H and O–H groups in total. The summed E-state index contributed by atoms with van der Waals surface area (Å²) in [5, 5.41) is 14.4. The molecular formula is C22H24FN3O2. The molecule has 0 saturated carbocycles. The van der Waals surface area contributed by atoms with Gasteiger partial charge in [-0.05, 0) is 55.8 Å². The van der Waals surface area contributed by atoms with Crippen molar-refractivity contribution in [1.29, 1.82) is 0 Å². The van der Waals surface area contributed by atoms with Crippen LogP contribution in [-0.2, 0) is 6.54 Å². The zero-order valence-electron chi connectivity index (χ0n) is 15.9. The van der Waals surface area contributed by atoms with Crippen molar-refractivity contribution in [3.63, 3.8) is 0 Å². The molecule has 1 fully saturated rings. The standard InChI is InChI=1S/C22H24FN3O2/c1-28-19-10-8-16(9-11-19)22-17(13-25-12-4-5-18(25)15-27)14-26(24-22)21-7-3-2-6-20(21)23/h2-3,6-11,14,18,27H,4-5,12-13,15H2,1H3/t18-/m0/s1. The number of methoxy groups -OCH3 is 1. The average Bonchev–Trinajstić information content (AvgIpc) is 3.35. The van der Waals surface area contributed by atoms with Crippen molar-refractivity contribution in [2.24, 2.45) is 0 Å². The van der Waals surface area contributed by atoms with Crippen LogP contribution >= 0.6 is 0 Å². The van der Waals surface area contributed by atoms with Gasteiger partial charge in [-0.3, -0.25) is 4.90 Å². The van der Waals surface area contributed by atoms with Crippen LogP contribution in [0.1, 0.15) is 18.4 Å². The van der Waals surface area contributed by atoms with E-state index in [2.05, 4.69) is 4.90 Å². The minimum Gasteiger partial charge on any atom is -0.497 e. The highest BCUT2D eigenvalue weighted by Crippen LogP contribution is 2.29. The van der Waals surface area contributed by atoms with E-state index in [9.17, 15) is 9.50 Å². The van der Waals surface area contributed by atoms with Gasteiger partial charge in [0.05, 0.1) is 19.4 Å². The molecule has 6 heteroatoms. The quantitative estimate of drug-likeness (QED) is 0.708. The van der Waals surface area contributed by atoms with E-state index >= 15 is 0 Å². The first-order valence-corrected chi connectivity index (χ1v) is 9.52. The number of likely N-dealkylation sites (tertiary alicyclic amines) is 1. The van der Waals surface area contributed by atoms with Gasteiger partial charge in [-0.15, -0.1) is 0 Å². The fourth-order valence-electron chi connectivity index (χ4n) is 3.81. The lowest BCUT2D eigenvalue weighted by atomic mass is 10.1. The molecule has 5 nitrogen and oxygen atoms in total. The van der Waals surface area contributed by atoms with E-state index in [-0.39, 0.29) is 18.5 Å². The summed E-state index contributed by atoms with van der Waals surface area (Å²) >= 11 is 0. The van der Waals surface area contributed by atoms with Gasteiger partial charge in [0.15, 0.2) is 0 Å².